The Balaban J connectivity index is 1.70. The average molecular weight is 448 g/mol. The maximum atomic E-state index is 14.1. The van der Waals surface area contributed by atoms with Gasteiger partial charge in [0.25, 0.3) is 0 Å². The molecule has 0 radical (unpaired) electrons. The average Bonchev–Trinajstić information content (AvgIpc) is 3.29. The van der Waals surface area contributed by atoms with Crippen LogP contribution in [0.5, 0.6) is 5.75 Å². The van der Waals surface area contributed by atoms with Gasteiger partial charge in [-0.05, 0) is 84.7 Å². The number of aryl methyl sites for hydroxylation is 2. The summed E-state index contributed by atoms with van der Waals surface area (Å²) >= 11 is 1.81. The Hall–Kier alpha value is -2.59. The van der Waals surface area contributed by atoms with Gasteiger partial charge in [0.05, 0.1) is 19.6 Å². The number of nitrogens with zero attached hydrogens (tertiary/aromatic N) is 1. The van der Waals surface area contributed by atoms with E-state index in [4.69, 9.17) is 4.74 Å². The zero-order chi connectivity index (χ0) is 22.7. The van der Waals surface area contributed by atoms with Gasteiger partial charge in [-0.25, -0.2) is 0 Å². The molecule has 1 heterocycles. The van der Waals surface area contributed by atoms with Crippen LogP contribution in [0.2, 0.25) is 0 Å². The van der Waals surface area contributed by atoms with E-state index in [1.54, 1.807) is 18.4 Å². The molecule has 0 spiro atoms. The van der Waals surface area contributed by atoms with Crippen LogP contribution in [0.3, 0.4) is 0 Å². The van der Waals surface area contributed by atoms with Crippen LogP contribution >= 0.6 is 11.3 Å². The first kappa shape index (κ1) is 22.6. The highest BCUT2D eigenvalue weighted by Gasteiger charge is 2.31. The highest BCUT2D eigenvalue weighted by atomic mass is 32.1. The molecule has 1 unspecified atom stereocenters. The second-order valence-corrected chi connectivity index (χ2v) is 10.2. The number of methoxy groups -OCH3 is 1. The van der Waals surface area contributed by atoms with Crippen molar-refractivity contribution in [2.24, 2.45) is 0 Å². The van der Waals surface area contributed by atoms with Gasteiger partial charge in [-0.3, -0.25) is 4.79 Å². The highest BCUT2D eigenvalue weighted by Crippen LogP contribution is 2.37. The quantitative estimate of drug-likeness (QED) is 0.387. The van der Waals surface area contributed by atoms with E-state index in [-0.39, 0.29) is 11.8 Å². The predicted octanol–water partition coefficient (Wildman–Crippen LogP) is 7.10. The zero-order valence-electron chi connectivity index (χ0n) is 19.6. The third kappa shape index (κ3) is 4.75. The molecule has 1 aliphatic rings. The van der Waals surface area contributed by atoms with Gasteiger partial charge in [-0.15, -0.1) is 11.3 Å². The fourth-order valence-electron chi connectivity index (χ4n) is 4.54. The lowest BCUT2D eigenvalue weighted by molar-refractivity contribution is -0.120. The van der Waals surface area contributed by atoms with Gasteiger partial charge in [0.2, 0.25) is 5.91 Å². The molecule has 0 saturated carbocycles. The molecule has 1 atom stereocenters. The number of amides is 1. The number of hydrogen-bond acceptors (Lipinski definition) is 3. The molecule has 4 heteroatoms. The molecule has 1 aliphatic carbocycles. The minimum absolute atomic E-state index is 0.135. The minimum atomic E-state index is -0.135. The van der Waals surface area contributed by atoms with E-state index in [0.717, 1.165) is 42.7 Å². The van der Waals surface area contributed by atoms with Crippen molar-refractivity contribution in [1.82, 2.24) is 0 Å². The molecule has 4 rings (SSSR count). The number of anilines is 1. The molecule has 2 aromatic carbocycles. The monoisotopic (exact) mass is 447 g/mol. The van der Waals surface area contributed by atoms with E-state index in [1.807, 2.05) is 11.0 Å². The van der Waals surface area contributed by atoms with E-state index in [9.17, 15) is 4.79 Å². The summed E-state index contributed by atoms with van der Waals surface area (Å²) in [4.78, 5) is 18.6. The molecule has 3 aromatic rings. The lowest BCUT2D eigenvalue weighted by atomic mass is 9.81. The maximum Gasteiger partial charge on any atom is 0.234 e. The molecule has 168 valence electrons. The molecule has 1 aromatic heterocycles. The van der Waals surface area contributed by atoms with Crippen LogP contribution < -0.4 is 9.64 Å². The van der Waals surface area contributed by atoms with Crippen molar-refractivity contribution < 1.29 is 9.53 Å². The molecule has 0 N–H and O–H groups in total. The standard InChI is InChI=1S/C28H33NO2S/c1-5-24-15-16-25(32-24)18-29(22-12-9-20(10-13-22)19(2)3)28(30)26-8-6-7-21-11-14-23(31-4)17-27(21)26/h9-17,19,26H,5-8,18H2,1-4H3. The first-order valence-electron chi connectivity index (χ1n) is 11.7. The summed E-state index contributed by atoms with van der Waals surface area (Å²) in [5, 5.41) is 0. The van der Waals surface area contributed by atoms with Gasteiger partial charge in [-0.1, -0.05) is 39.0 Å². The maximum absolute atomic E-state index is 14.1. The van der Waals surface area contributed by atoms with E-state index in [0.29, 0.717) is 12.5 Å². The summed E-state index contributed by atoms with van der Waals surface area (Å²) in [5.74, 6) is 1.34. The Labute approximate surface area is 196 Å². The molecule has 1 amide bonds. The van der Waals surface area contributed by atoms with Crippen LogP contribution in [0.25, 0.3) is 0 Å². The number of rotatable bonds is 7. The third-order valence-electron chi connectivity index (χ3n) is 6.48. The van der Waals surface area contributed by atoms with Crippen molar-refractivity contribution in [3.63, 3.8) is 0 Å². The van der Waals surface area contributed by atoms with Gasteiger partial charge in [0.15, 0.2) is 0 Å². The van der Waals surface area contributed by atoms with E-state index in [1.165, 1.54) is 20.9 Å². The molecule has 0 bridgehead atoms. The van der Waals surface area contributed by atoms with Gasteiger partial charge >= 0.3 is 0 Å². The van der Waals surface area contributed by atoms with Crippen molar-refractivity contribution in [3.05, 3.63) is 81.0 Å². The van der Waals surface area contributed by atoms with E-state index in [2.05, 4.69) is 69.3 Å². The fraction of sp³-hybridized carbons (Fsp3) is 0.393. The SMILES string of the molecule is CCc1ccc(CN(C(=O)C2CCCc3ccc(OC)cc32)c2ccc(C(C)C)cc2)s1. The Morgan fingerprint density at radius 3 is 2.50 bits per heavy atom. The molecule has 0 aliphatic heterocycles. The molecular weight excluding hydrogens is 414 g/mol. The zero-order valence-corrected chi connectivity index (χ0v) is 20.4. The molecular formula is C28H33NO2S. The summed E-state index contributed by atoms with van der Waals surface area (Å²) < 4.78 is 5.48. The van der Waals surface area contributed by atoms with Crippen LogP contribution in [0, 0.1) is 0 Å². The smallest absolute Gasteiger partial charge is 0.234 e. The summed E-state index contributed by atoms with van der Waals surface area (Å²) in [6.45, 7) is 7.18. The minimum Gasteiger partial charge on any atom is -0.497 e. The number of hydrogen-bond donors (Lipinski definition) is 0. The number of thiophene rings is 1. The Morgan fingerprint density at radius 2 is 1.84 bits per heavy atom. The van der Waals surface area contributed by atoms with Crippen molar-refractivity contribution >= 4 is 22.9 Å². The first-order chi connectivity index (χ1) is 15.5. The highest BCUT2D eigenvalue weighted by molar-refractivity contribution is 7.12. The van der Waals surface area contributed by atoms with Crippen molar-refractivity contribution in [2.45, 2.75) is 64.8 Å². The van der Waals surface area contributed by atoms with Gasteiger partial charge in [0.1, 0.15) is 5.75 Å². The fourth-order valence-corrected chi connectivity index (χ4v) is 5.48. The topological polar surface area (TPSA) is 29.5 Å². The Bertz CT molecular complexity index is 1070. The Kier molecular flexibility index (Phi) is 7.00. The van der Waals surface area contributed by atoms with Crippen LogP contribution in [0.15, 0.2) is 54.6 Å². The largest absolute Gasteiger partial charge is 0.497 e. The van der Waals surface area contributed by atoms with E-state index < -0.39 is 0 Å². The molecule has 0 fully saturated rings. The normalized spacial score (nSPS) is 15.5. The molecule has 32 heavy (non-hydrogen) atoms. The summed E-state index contributed by atoms with van der Waals surface area (Å²) in [6, 6.07) is 19.1. The predicted molar refractivity (Wildman–Crippen MR) is 134 cm³/mol. The Morgan fingerprint density at radius 1 is 1.09 bits per heavy atom. The van der Waals surface area contributed by atoms with Gasteiger partial charge in [0, 0.05) is 15.4 Å². The van der Waals surface area contributed by atoms with Crippen molar-refractivity contribution in [2.75, 3.05) is 12.0 Å². The number of carbonyl (C=O) groups is 1. The van der Waals surface area contributed by atoms with Crippen LogP contribution in [-0.4, -0.2) is 13.0 Å². The lowest BCUT2D eigenvalue weighted by Gasteiger charge is -2.31. The second kappa shape index (κ2) is 9.91. The summed E-state index contributed by atoms with van der Waals surface area (Å²) in [7, 11) is 1.69. The second-order valence-electron chi connectivity index (χ2n) is 8.90. The summed E-state index contributed by atoms with van der Waals surface area (Å²) in [6.07, 6.45) is 3.97. The van der Waals surface area contributed by atoms with Crippen LogP contribution in [0.1, 0.15) is 71.9 Å². The molecule has 0 saturated heterocycles. The van der Waals surface area contributed by atoms with Gasteiger partial charge in [-0.2, -0.15) is 0 Å². The van der Waals surface area contributed by atoms with E-state index >= 15 is 0 Å². The van der Waals surface area contributed by atoms with Crippen LogP contribution in [-0.2, 0) is 24.2 Å². The van der Waals surface area contributed by atoms with Crippen molar-refractivity contribution in [3.8, 4) is 5.75 Å². The molecule has 3 nitrogen and oxygen atoms in total. The lowest BCUT2D eigenvalue weighted by Crippen LogP contribution is -2.36. The van der Waals surface area contributed by atoms with Crippen molar-refractivity contribution in [1.29, 1.82) is 0 Å². The summed E-state index contributed by atoms with van der Waals surface area (Å²) in [5.41, 5.74) is 4.67. The van der Waals surface area contributed by atoms with Crippen LogP contribution in [0.4, 0.5) is 5.69 Å². The van der Waals surface area contributed by atoms with Gasteiger partial charge < -0.3 is 9.64 Å². The number of fused-ring (bicyclic) bond motifs is 1. The first-order valence-corrected chi connectivity index (χ1v) is 12.5. The number of ether oxygens (including phenoxy) is 1. The number of carbonyl (C=O) groups excluding carboxylic acids is 1. The third-order valence-corrected chi connectivity index (χ3v) is 7.70. The number of benzene rings is 2.